The number of aliphatic hydroxyl groups is 1. The summed E-state index contributed by atoms with van der Waals surface area (Å²) in [6.07, 6.45) is 1.14. The molecule has 0 bridgehead atoms. The van der Waals surface area contributed by atoms with Crippen molar-refractivity contribution in [3.05, 3.63) is 77.1 Å². The summed E-state index contributed by atoms with van der Waals surface area (Å²) in [4.78, 5) is 2.10. The van der Waals surface area contributed by atoms with Gasteiger partial charge in [-0.05, 0) is 55.3 Å². The van der Waals surface area contributed by atoms with Crippen molar-refractivity contribution in [3.8, 4) is 11.3 Å². The highest BCUT2D eigenvalue weighted by Gasteiger charge is 2.35. The first-order valence-corrected chi connectivity index (χ1v) is 9.25. The van der Waals surface area contributed by atoms with Crippen molar-refractivity contribution in [1.82, 2.24) is 10.2 Å². The summed E-state index contributed by atoms with van der Waals surface area (Å²) < 4.78 is 13.0. The molecule has 1 aliphatic heterocycles. The first-order valence-electron chi connectivity index (χ1n) is 8.87. The Bertz CT molecular complexity index is 923. The third-order valence-electron chi connectivity index (χ3n) is 5.08. The molecule has 27 heavy (non-hydrogen) atoms. The average molecular weight is 384 g/mol. The Balaban J connectivity index is 1.47. The maximum absolute atomic E-state index is 13.0. The van der Waals surface area contributed by atoms with Gasteiger partial charge < -0.3 is 10.0 Å². The van der Waals surface area contributed by atoms with Crippen molar-refractivity contribution in [2.75, 3.05) is 18.0 Å². The maximum atomic E-state index is 13.0. The minimum absolute atomic E-state index is 0.275. The molecule has 0 atom stereocenters. The fraction of sp³-hybridized carbons (Fsp3) is 0.238. The van der Waals surface area contributed by atoms with Crippen LogP contribution in [0.3, 0.4) is 0 Å². The topological polar surface area (TPSA) is 49.2 Å². The Labute approximate surface area is 162 Å². The van der Waals surface area contributed by atoms with E-state index in [1.807, 2.05) is 30.3 Å². The van der Waals surface area contributed by atoms with E-state index in [-0.39, 0.29) is 5.82 Å². The molecule has 1 fully saturated rings. The van der Waals surface area contributed by atoms with Crippen LogP contribution in [0.2, 0.25) is 5.02 Å². The molecule has 4 nitrogen and oxygen atoms in total. The van der Waals surface area contributed by atoms with Gasteiger partial charge in [0.15, 0.2) is 5.82 Å². The standard InChI is InChI=1S/C21H19ClFN3O/c22-18-4-2-1-3-17(18)21(27)11-13-26(14-12-21)20-10-9-19(24-25-20)15-5-7-16(23)8-6-15/h1-10,27H,11-14H2. The van der Waals surface area contributed by atoms with E-state index in [2.05, 4.69) is 15.1 Å². The molecule has 1 saturated heterocycles. The molecule has 138 valence electrons. The van der Waals surface area contributed by atoms with Gasteiger partial charge in [-0.15, -0.1) is 10.2 Å². The summed E-state index contributed by atoms with van der Waals surface area (Å²) >= 11 is 6.27. The highest BCUT2D eigenvalue weighted by Crippen LogP contribution is 2.37. The predicted octanol–water partition coefficient (Wildman–Crippen LogP) is 4.42. The van der Waals surface area contributed by atoms with Crippen LogP contribution in [0.25, 0.3) is 11.3 Å². The molecule has 1 N–H and O–H groups in total. The van der Waals surface area contributed by atoms with Crippen molar-refractivity contribution in [2.45, 2.75) is 18.4 Å². The second-order valence-electron chi connectivity index (χ2n) is 6.78. The number of halogens is 2. The number of hydrogen-bond acceptors (Lipinski definition) is 4. The minimum atomic E-state index is -0.920. The Morgan fingerprint density at radius 3 is 2.26 bits per heavy atom. The van der Waals surface area contributed by atoms with E-state index in [1.54, 1.807) is 18.2 Å². The van der Waals surface area contributed by atoms with Crippen LogP contribution in [0.15, 0.2) is 60.7 Å². The van der Waals surface area contributed by atoms with Gasteiger partial charge in [-0.2, -0.15) is 0 Å². The van der Waals surface area contributed by atoms with Crippen molar-refractivity contribution < 1.29 is 9.50 Å². The van der Waals surface area contributed by atoms with Gasteiger partial charge in [-0.3, -0.25) is 0 Å². The number of benzene rings is 2. The lowest BCUT2D eigenvalue weighted by Gasteiger charge is -2.39. The van der Waals surface area contributed by atoms with Gasteiger partial charge in [-0.1, -0.05) is 29.8 Å². The van der Waals surface area contributed by atoms with Crippen molar-refractivity contribution in [1.29, 1.82) is 0 Å². The van der Waals surface area contributed by atoms with Crippen LogP contribution in [0.5, 0.6) is 0 Å². The molecule has 4 rings (SSSR count). The van der Waals surface area contributed by atoms with Crippen LogP contribution in [0, 0.1) is 5.82 Å². The SMILES string of the molecule is OC1(c2ccccc2Cl)CCN(c2ccc(-c3ccc(F)cc3)nn2)CC1. The molecule has 0 spiro atoms. The Hall–Kier alpha value is -2.50. The average Bonchev–Trinajstić information content (AvgIpc) is 2.70. The molecular formula is C21H19ClFN3O. The predicted molar refractivity (Wildman–Crippen MR) is 104 cm³/mol. The molecule has 0 unspecified atom stereocenters. The highest BCUT2D eigenvalue weighted by atomic mass is 35.5. The fourth-order valence-electron chi connectivity index (χ4n) is 3.48. The van der Waals surface area contributed by atoms with Crippen LogP contribution in [0.4, 0.5) is 10.2 Å². The first kappa shape index (κ1) is 17.9. The summed E-state index contributed by atoms with van der Waals surface area (Å²) in [6, 6.07) is 17.4. The molecule has 3 aromatic rings. The summed E-state index contributed by atoms with van der Waals surface area (Å²) in [6.45, 7) is 1.32. The van der Waals surface area contributed by atoms with E-state index < -0.39 is 5.60 Å². The van der Waals surface area contributed by atoms with Gasteiger partial charge in [0.25, 0.3) is 0 Å². The molecule has 1 aromatic heterocycles. The summed E-state index contributed by atoms with van der Waals surface area (Å²) in [5.41, 5.74) is 1.38. The lowest BCUT2D eigenvalue weighted by molar-refractivity contribution is 0.0117. The Morgan fingerprint density at radius 1 is 0.926 bits per heavy atom. The fourth-order valence-corrected chi connectivity index (χ4v) is 3.79. The number of hydrogen-bond donors (Lipinski definition) is 1. The van der Waals surface area contributed by atoms with Gasteiger partial charge in [0.1, 0.15) is 5.82 Å². The second-order valence-corrected chi connectivity index (χ2v) is 7.19. The zero-order chi connectivity index (χ0) is 18.9. The zero-order valence-electron chi connectivity index (χ0n) is 14.6. The van der Waals surface area contributed by atoms with Gasteiger partial charge >= 0.3 is 0 Å². The van der Waals surface area contributed by atoms with Crippen LogP contribution >= 0.6 is 11.6 Å². The Morgan fingerprint density at radius 2 is 1.63 bits per heavy atom. The second kappa shape index (κ2) is 7.25. The number of piperidine rings is 1. The summed E-state index contributed by atoms with van der Waals surface area (Å²) in [5, 5.41) is 20.2. The van der Waals surface area contributed by atoms with Gasteiger partial charge in [0.2, 0.25) is 0 Å². The van der Waals surface area contributed by atoms with E-state index in [0.717, 1.165) is 16.9 Å². The normalized spacial score (nSPS) is 16.3. The highest BCUT2D eigenvalue weighted by molar-refractivity contribution is 6.31. The number of nitrogens with zero attached hydrogens (tertiary/aromatic N) is 3. The van der Waals surface area contributed by atoms with Gasteiger partial charge in [0, 0.05) is 29.2 Å². The van der Waals surface area contributed by atoms with Crippen LogP contribution in [-0.2, 0) is 5.60 Å². The third-order valence-corrected chi connectivity index (χ3v) is 5.41. The summed E-state index contributed by atoms with van der Waals surface area (Å²) in [5.74, 6) is 0.490. The number of aromatic nitrogens is 2. The van der Waals surface area contributed by atoms with E-state index in [1.165, 1.54) is 12.1 Å². The molecule has 2 aromatic carbocycles. The van der Waals surface area contributed by atoms with Gasteiger partial charge in [0.05, 0.1) is 11.3 Å². The first-order chi connectivity index (χ1) is 13.0. The number of rotatable bonds is 3. The van der Waals surface area contributed by atoms with E-state index in [0.29, 0.717) is 36.6 Å². The molecule has 2 heterocycles. The van der Waals surface area contributed by atoms with Crippen molar-refractivity contribution in [3.63, 3.8) is 0 Å². The van der Waals surface area contributed by atoms with E-state index in [9.17, 15) is 9.50 Å². The molecule has 1 aliphatic rings. The van der Waals surface area contributed by atoms with E-state index in [4.69, 9.17) is 11.6 Å². The van der Waals surface area contributed by atoms with E-state index >= 15 is 0 Å². The van der Waals surface area contributed by atoms with Crippen LogP contribution in [-0.4, -0.2) is 28.4 Å². The van der Waals surface area contributed by atoms with Crippen LogP contribution in [0.1, 0.15) is 18.4 Å². The van der Waals surface area contributed by atoms with Crippen molar-refractivity contribution in [2.24, 2.45) is 0 Å². The minimum Gasteiger partial charge on any atom is -0.385 e. The lowest BCUT2D eigenvalue weighted by atomic mass is 9.84. The lowest BCUT2D eigenvalue weighted by Crippen LogP contribution is -2.43. The Kier molecular flexibility index (Phi) is 4.81. The molecule has 0 aliphatic carbocycles. The molecule has 6 heteroatoms. The van der Waals surface area contributed by atoms with Gasteiger partial charge in [-0.25, -0.2) is 4.39 Å². The molecule has 0 radical (unpaired) electrons. The molecule has 0 amide bonds. The third kappa shape index (κ3) is 3.66. The maximum Gasteiger partial charge on any atom is 0.151 e. The zero-order valence-corrected chi connectivity index (χ0v) is 15.4. The number of anilines is 1. The monoisotopic (exact) mass is 383 g/mol. The van der Waals surface area contributed by atoms with Crippen molar-refractivity contribution >= 4 is 17.4 Å². The quantitative estimate of drug-likeness (QED) is 0.727. The smallest absolute Gasteiger partial charge is 0.151 e. The summed E-state index contributed by atoms with van der Waals surface area (Å²) in [7, 11) is 0. The molecular weight excluding hydrogens is 365 g/mol. The largest absolute Gasteiger partial charge is 0.385 e. The van der Waals surface area contributed by atoms with Crippen LogP contribution < -0.4 is 4.90 Å². The molecule has 0 saturated carbocycles.